The van der Waals surface area contributed by atoms with Crippen molar-refractivity contribution in [1.29, 1.82) is 0 Å². The summed E-state index contributed by atoms with van der Waals surface area (Å²) in [7, 11) is 3.93. The van der Waals surface area contributed by atoms with Crippen molar-refractivity contribution in [2.24, 2.45) is 0 Å². The van der Waals surface area contributed by atoms with Crippen molar-refractivity contribution < 1.29 is 14.6 Å². The quantitative estimate of drug-likeness (QED) is 0.806. The Morgan fingerprint density at radius 2 is 2.22 bits per heavy atom. The predicted molar refractivity (Wildman–Crippen MR) is 72.2 cm³/mol. The van der Waals surface area contributed by atoms with Crippen LogP contribution in [0.1, 0.15) is 5.56 Å². The molecule has 18 heavy (non-hydrogen) atoms. The molecule has 5 heteroatoms. The Bertz CT molecular complexity index is 444. The molecule has 1 aromatic rings. The minimum absolute atomic E-state index is 0.473. The van der Waals surface area contributed by atoms with Gasteiger partial charge in [-0.05, 0) is 37.9 Å². The van der Waals surface area contributed by atoms with E-state index in [1.807, 2.05) is 19.0 Å². The van der Waals surface area contributed by atoms with Crippen LogP contribution in [0.5, 0.6) is 5.75 Å². The Balaban J connectivity index is 2.65. The summed E-state index contributed by atoms with van der Waals surface area (Å²) in [4.78, 5) is 12.4. The number of rotatable bonds is 6. The minimum Gasteiger partial charge on any atom is -0.491 e. The fourth-order valence-corrected chi connectivity index (χ4v) is 1.49. The maximum absolute atomic E-state index is 10.4. The molecular formula is C13H16ClNO3. The largest absolute Gasteiger partial charge is 0.491 e. The van der Waals surface area contributed by atoms with Crippen LogP contribution in [0.15, 0.2) is 24.3 Å². The van der Waals surface area contributed by atoms with Gasteiger partial charge in [0, 0.05) is 12.6 Å². The molecule has 0 saturated carbocycles. The summed E-state index contributed by atoms with van der Waals surface area (Å²) in [5.74, 6) is -0.386. The van der Waals surface area contributed by atoms with Crippen molar-refractivity contribution in [2.75, 3.05) is 27.2 Å². The second kappa shape index (κ2) is 7.03. The predicted octanol–water partition coefficient (Wildman–Crippen LogP) is 2.38. The van der Waals surface area contributed by atoms with Gasteiger partial charge in [0.1, 0.15) is 12.4 Å². The monoisotopic (exact) mass is 269 g/mol. The van der Waals surface area contributed by atoms with Crippen molar-refractivity contribution in [2.45, 2.75) is 0 Å². The van der Waals surface area contributed by atoms with E-state index in [4.69, 9.17) is 21.4 Å². The highest BCUT2D eigenvalue weighted by Crippen LogP contribution is 2.25. The van der Waals surface area contributed by atoms with Gasteiger partial charge in [0.25, 0.3) is 0 Å². The van der Waals surface area contributed by atoms with Gasteiger partial charge in [0.15, 0.2) is 0 Å². The third-order valence-electron chi connectivity index (χ3n) is 2.17. The van der Waals surface area contributed by atoms with E-state index in [2.05, 4.69) is 0 Å². The van der Waals surface area contributed by atoms with Crippen molar-refractivity contribution in [1.82, 2.24) is 4.90 Å². The number of hydrogen-bond donors (Lipinski definition) is 1. The lowest BCUT2D eigenvalue weighted by molar-refractivity contribution is -0.131. The molecule has 4 nitrogen and oxygen atoms in total. The lowest BCUT2D eigenvalue weighted by Gasteiger charge is -2.12. The fourth-order valence-electron chi connectivity index (χ4n) is 1.24. The smallest absolute Gasteiger partial charge is 0.328 e. The number of halogens is 1. The van der Waals surface area contributed by atoms with Crippen LogP contribution in [0.3, 0.4) is 0 Å². The van der Waals surface area contributed by atoms with Gasteiger partial charge < -0.3 is 14.7 Å². The normalized spacial score (nSPS) is 11.1. The molecular weight excluding hydrogens is 254 g/mol. The lowest BCUT2D eigenvalue weighted by Crippen LogP contribution is -2.19. The molecule has 0 aliphatic heterocycles. The fraction of sp³-hybridized carbons (Fsp3) is 0.308. The average Bonchev–Trinajstić information content (AvgIpc) is 2.28. The van der Waals surface area contributed by atoms with Crippen LogP contribution in [0.25, 0.3) is 6.08 Å². The SMILES string of the molecule is CN(C)CCOc1ccc(C=CC(=O)O)cc1Cl. The Kier molecular flexibility index (Phi) is 5.68. The van der Waals surface area contributed by atoms with Gasteiger partial charge in [-0.1, -0.05) is 17.7 Å². The molecule has 0 aliphatic rings. The summed E-state index contributed by atoms with van der Waals surface area (Å²) in [6.45, 7) is 1.36. The molecule has 1 N–H and O–H groups in total. The molecule has 0 amide bonds. The first-order valence-electron chi connectivity index (χ1n) is 5.47. The Morgan fingerprint density at radius 3 is 2.78 bits per heavy atom. The van der Waals surface area contributed by atoms with Gasteiger partial charge in [-0.2, -0.15) is 0 Å². The molecule has 0 atom stereocenters. The van der Waals surface area contributed by atoms with Crippen LogP contribution in [0, 0.1) is 0 Å². The number of nitrogens with zero attached hydrogens (tertiary/aromatic N) is 1. The van der Waals surface area contributed by atoms with Crippen LogP contribution in [-0.2, 0) is 4.79 Å². The van der Waals surface area contributed by atoms with Crippen LogP contribution < -0.4 is 4.74 Å². The van der Waals surface area contributed by atoms with E-state index in [0.29, 0.717) is 17.4 Å². The van der Waals surface area contributed by atoms with Crippen LogP contribution >= 0.6 is 11.6 Å². The van der Waals surface area contributed by atoms with Gasteiger partial charge in [0.2, 0.25) is 0 Å². The zero-order valence-corrected chi connectivity index (χ0v) is 11.1. The highest BCUT2D eigenvalue weighted by Gasteiger charge is 2.02. The van der Waals surface area contributed by atoms with E-state index in [1.54, 1.807) is 18.2 Å². The van der Waals surface area contributed by atoms with E-state index in [1.165, 1.54) is 6.08 Å². The molecule has 0 saturated heterocycles. The summed E-state index contributed by atoms with van der Waals surface area (Å²) in [6.07, 6.45) is 2.55. The molecule has 0 fully saturated rings. The molecule has 0 heterocycles. The van der Waals surface area contributed by atoms with Crippen molar-refractivity contribution in [3.05, 3.63) is 34.9 Å². The summed E-state index contributed by atoms with van der Waals surface area (Å²) < 4.78 is 5.51. The summed E-state index contributed by atoms with van der Waals surface area (Å²) >= 11 is 6.04. The number of aliphatic carboxylic acids is 1. The average molecular weight is 270 g/mol. The molecule has 0 bridgehead atoms. The van der Waals surface area contributed by atoms with Crippen LogP contribution in [0.2, 0.25) is 5.02 Å². The molecule has 0 spiro atoms. The maximum Gasteiger partial charge on any atom is 0.328 e. The third-order valence-corrected chi connectivity index (χ3v) is 2.47. The van der Waals surface area contributed by atoms with Crippen LogP contribution in [0.4, 0.5) is 0 Å². The molecule has 98 valence electrons. The Labute approximate surface area is 111 Å². The second-order valence-corrected chi connectivity index (χ2v) is 4.42. The highest BCUT2D eigenvalue weighted by atomic mass is 35.5. The molecule has 1 rings (SSSR count). The van der Waals surface area contributed by atoms with Gasteiger partial charge in [0.05, 0.1) is 5.02 Å². The topological polar surface area (TPSA) is 49.8 Å². The summed E-state index contributed by atoms with van der Waals surface area (Å²) in [5.41, 5.74) is 0.724. The molecule has 0 aliphatic carbocycles. The number of ether oxygens (including phenoxy) is 1. The van der Waals surface area contributed by atoms with Gasteiger partial charge in [-0.25, -0.2) is 4.79 Å². The van der Waals surface area contributed by atoms with E-state index in [9.17, 15) is 4.79 Å². The third kappa shape index (κ3) is 5.21. The number of carboxylic acids is 1. The molecule has 0 radical (unpaired) electrons. The first-order chi connectivity index (χ1) is 8.49. The van der Waals surface area contributed by atoms with Crippen molar-refractivity contribution in [3.8, 4) is 5.75 Å². The number of carbonyl (C=O) groups is 1. The number of hydrogen-bond acceptors (Lipinski definition) is 3. The van der Waals surface area contributed by atoms with E-state index < -0.39 is 5.97 Å². The Morgan fingerprint density at radius 1 is 1.50 bits per heavy atom. The van der Waals surface area contributed by atoms with E-state index in [-0.39, 0.29) is 0 Å². The second-order valence-electron chi connectivity index (χ2n) is 4.01. The molecule has 0 unspecified atom stereocenters. The zero-order chi connectivity index (χ0) is 13.5. The van der Waals surface area contributed by atoms with E-state index in [0.717, 1.165) is 18.2 Å². The minimum atomic E-state index is -0.988. The first-order valence-corrected chi connectivity index (χ1v) is 5.85. The lowest BCUT2D eigenvalue weighted by atomic mass is 10.2. The van der Waals surface area contributed by atoms with Crippen molar-refractivity contribution >= 4 is 23.6 Å². The van der Waals surface area contributed by atoms with Crippen molar-refractivity contribution in [3.63, 3.8) is 0 Å². The molecule has 1 aromatic carbocycles. The Hall–Kier alpha value is -1.52. The molecule has 0 aromatic heterocycles. The van der Waals surface area contributed by atoms with Gasteiger partial charge >= 0.3 is 5.97 Å². The van der Waals surface area contributed by atoms with Gasteiger partial charge in [-0.3, -0.25) is 0 Å². The summed E-state index contributed by atoms with van der Waals surface area (Å²) in [5, 5.41) is 8.99. The van der Waals surface area contributed by atoms with E-state index >= 15 is 0 Å². The summed E-state index contributed by atoms with van der Waals surface area (Å²) in [6, 6.07) is 5.17. The number of carboxylic acid groups (broad SMARTS) is 1. The highest BCUT2D eigenvalue weighted by molar-refractivity contribution is 6.32. The standard InChI is InChI=1S/C13H16ClNO3/c1-15(2)7-8-18-12-5-3-10(9-11(12)14)4-6-13(16)17/h3-6,9H,7-8H2,1-2H3,(H,16,17). The number of likely N-dealkylation sites (N-methyl/N-ethyl adjacent to an activating group) is 1. The number of benzene rings is 1. The van der Waals surface area contributed by atoms with Crippen LogP contribution in [-0.4, -0.2) is 43.2 Å². The first kappa shape index (κ1) is 14.5. The maximum atomic E-state index is 10.4. The van der Waals surface area contributed by atoms with Gasteiger partial charge in [-0.15, -0.1) is 0 Å². The zero-order valence-electron chi connectivity index (χ0n) is 10.4.